The lowest BCUT2D eigenvalue weighted by molar-refractivity contribution is -0.116. The first-order valence-corrected chi connectivity index (χ1v) is 9.75. The number of halogens is 2. The average Bonchev–Trinajstić information content (AvgIpc) is 2.56. The molecule has 0 unspecified atom stereocenters. The predicted octanol–water partition coefficient (Wildman–Crippen LogP) is 3.95. The summed E-state index contributed by atoms with van der Waals surface area (Å²) in [6, 6.07) is 11.2. The quantitative estimate of drug-likeness (QED) is 0.797. The number of sulfonamides is 1. The molecule has 0 bridgehead atoms. The fraction of sp³-hybridized carbons (Fsp3) is 0.235. The molecule has 0 aliphatic carbocycles. The molecule has 0 spiro atoms. The topological polar surface area (TPSA) is 66.5 Å². The van der Waals surface area contributed by atoms with E-state index in [1.54, 1.807) is 31.2 Å². The Kier molecular flexibility index (Phi) is 6.46. The fourth-order valence-electron chi connectivity index (χ4n) is 2.16. The van der Waals surface area contributed by atoms with Gasteiger partial charge < -0.3 is 5.32 Å². The molecule has 0 aliphatic rings. The Morgan fingerprint density at radius 2 is 1.72 bits per heavy atom. The van der Waals surface area contributed by atoms with Crippen LogP contribution in [0.4, 0.5) is 5.69 Å². The molecule has 0 atom stereocenters. The summed E-state index contributed by atoms with van der Waals surface area (Å²) in [4.78, 5) is 12.4. The predicted molar refractivity (Wildman–Crippen MR) is 101 cm³/mol. The van der Waals surface area contributed by atoms with Crippen LogP contribution in [0.15, 0.2) is 47.4 Å². The van der Waals surface area contributed by atoms with E-state index in [0.29, 0.717) is 15.7 Å². The minimum absolute atomic E-state index is 0.155. The van der Waals surface area contributed by atoms with Gasteiger partial charge in [-0.1, -0.05) is 47.8 Å². The van der Waals surface area contributed by atoms with E-state index < -0.39 is 15.9 Å². The summed E-state index contributed by atoms with van der Waals surface area (Å²) in [6.07, 6.45) is 0. The summed E-state index contributed by atoms with van der Waals surface area (Å²) < 4.78 is 26.5. The van der Waals surface area contributed by atoms with E-state index in [4.69, 9.17) is 23.2 Å². The van der Waals surface area contributed by atoms with Crippen molar-refractivity contribution in [2.75, 3.05) is 18.4 Å². The van der Waals surface area contributed by atoms with E-state index in [1.807, 2.05) is 6.92 Å². The van der Waals surface area contributed by atoms with Crippen molar-refractivity contribution in [3.8, 4) is 0 Å². The lowest BCUT2D eigenvalue weighted by Crippen LogP contribution is -2.37. The van der Waals surface area contributed by atoms with Crippen LogP contribution in [0.1, 0.15) is 12.5 Å². The maximum Gasteiger partial charge on any atom is 0.243 e. The maximum atomic E-state index is 12.7. The summed E-state index contributed by atoms with van der Waals surface area (Å²) in [5, 5.41) is 3.30. The van der Waals surface area contributed by atoms with Crippen LogP contribution in [0.3, 0.4) is 0 Å². The van der Waals surface area contributed by atoms with Crippen molar-refractivity contribution < 1.29 is 13.2 Å². The summed E-state index contributed by atoms with van der Waals surface area (Å²) in [5.41, 5.74) is 1.41. The van der Waals surface area contributed by atoms with Crippen LogP contribution in [-0.4, -0.2) is 31.7 Å². The van der Waals surface area contributed by atoms with Crippen LogP contribution < -0.4 is 5.32 Å². The van der Waals surface area contributed by atoms with Crippen molar-refractivity contribution in [1.29, 1.82) is 0 Å². The zero-order valence-corrected chi connectivity index (χ0v) is 16.1. The number of anilines is 1. The van der Waals surface area contributed by atoms with E-state index >= 15 is 0 Å². The SMILES string of the molecule is CCN(CC(=O)Nc1ccc(Cl)c(Cl)c1)S(=O)(=O)c1ccc(C)cc1. The van der Waals surface area contributed by atoms with Crippen molar-refractivity contribution in [2.24, 2.45) is 0 Å². The molecule has 5 nitrogen and oxygen atoms in total. The molecule has 1 amide bonds. The first-order valence-electron chi connectivity index (χ1n) is 7.55. The lowest BCUT2D eigenvalue weighted by atomic mass is 10.2. The van der Waals surface area contributed by atoms with Gasteiger partial charge in [0.05, 0.1) is 21.5 Å². The fourth-order valence-corrected chi connectivity index (χ4v) is 3.86. The molecule has 8 heteroatoms. The molecule has 0 heterocycles. The number of likely N-dealkylation sites (N-methyl/N-ethyl adjacent to an activating group) is 1. The number of carbonyl (C=O) groups excluding carboxylic acids is 1. The molecule has 0 saturated heterocycles. The Bertz CT molecular complexity index is 868. The summed E-state index contributed by atoms with van der Waals surface area (Å²) in [7, 11) is -3.74. The molecule has 2 rings (SSSR count). The first-order chi connectivity index (χ1) is 11.7. The molecule has 0 radical (unpaired) electrons. The normalized spacial score (nSPS) is 11.6. The van der Waals surface area contributed by atoms with Gasteiger partial charge >= 0.3 is 0 Å². The highest BCUT2D eigenvalue weighted by Crippen LogP contribution is 2.25. The van der Waals surface area contributed by atoms with E-state index in [9.17, 15) is 13.2 Å². The molecule has 0 aliphatic heterocycles. The number of benzene rings is 2. The van der Waals surface area contributed by atoms with Crippen LogP contribution in [0, 0.1) is 6.92 Å². The Morgan fingerprint density at radius 1 is 1.08 bits per heavy atom. The van der Waals surface area contributed by atoms with Crippen molar-refractivity contribution in [3.63, 3.8) is 0 Å². The Balaban J connectivity index is 2.13. The number of rotatable bonds is 6. The van der Waals surface area contributed by atoms with Crippen LogP contribution >= 0.6 is 23.2 Å². The third-order valence-corrected chi connectivity index (χ3v) is 6.21. The number of nitrogens with one attached hydrogen (secondary N) is 1. The highest BCUT2D eigenvalue weighted by atomic mass is 35.5. The minimum Gasteiger partial charge on any atom is -0.325 e. The van der Waals surface area contributed by atoms with Crippen molar-refractivity contribution in [1.82, 2.24) is 4.31 Å². The molecular weight excluding hydrogens is 383 g/mol. The Hall–Kier alpha value is -1.60. The van der Waals surface area contributed by atoms with E-state index in [2.05, 4.69) is 5.32 Å². The summed E-state index contributed by atoms with van der Waals surface area (Å²) in [6.45, 7) is 3.43. The molecule has 1 N–H and O–H groups in total. The molecule has 2 aromatic rings. The number of aryl methyl sites for hydroxylation is 1. The van der Waals surface area contributed by atoms with Crippen LogP contribution in [0.2, 0.25) is 10.0 Å². The zero-order valence-electron chi connectivity index (χ0n) is 13.8. The Morgan fingerprint density at radius 3 is 2.28 bits per heavy atom. The molecule has 0 aromatic heterocycles. The van der Waals surface area contributed by atoms with Gasteiger partial charge in [0.25, 0.3) is 0 Å². The first kappa shape index (κ1) is 19.7. The van der Waals surface area contributed by atoms with Gasteiger partial charge in [0.15, 0.2) is 0 Å². The smallest absolute Gasteiger partial charge is 0.243 e. The third kappa shape index (κ3) is 4.95. The number of hydrogen-bond acceptors (Lipinski definition) is 3. The number of nitrogens with zero attached hydrogens (tertiary/aromatic N) is 1. The largest absolute Gasteiger partial charge is 0.325 e. The van der Waals surface area contributed by atoms with Gasteiger partial charge in [-0.25, -0.2) is 8.42 Å². The second-order valence-electron chi connectivity index (χ2n) is 5.42. The highest BCUT2D eigenvalue weighted by Gasteiger charge is 2.25. The molecule has 134 valence electrons. The summed E-state index contributed by atoms with van der Waals surface area (Å²) >= 11 is 11.7. The molecule has 25 heavy (non-hydrogen) atoms. The number of amides is 1. The van der Waals surface area contributed by atoms with Gasteiger partial charge in [-0.15, -0.1) is 0 Å². The van der Waals surface area contributed by atoms with E-state index in [0.717, 1.165) is 9.87 Å². The van der Waals surface area contributed by atoms with Gasteiger partial charge in [-0.05, 0) is 37.3 Å². The molecule has 0 fully saturated rings. The average molecular weight is 401 g/mol. The van der Waals surface area contributed by atoms with Crippen LogP contribution in [0.25, 0.3) is 0 Å². The van der Waals surface area contributed by atoms with Crippen molar-refractivity contribution in [2.45, 2.75) is 18.7 Å². The summed E-state index contributed by atoms with van der Waals surface area (Å²) in [5.74, 6) is -0.462. The van der Waals surface area contributed by atoms with Gasteiger partial charge in [-0.2, -0.15) is 4.31 Å². The van der Waals surface area contributed by atoms with Gasteiger partial charge in [0.1, 0.15) is 0 Å². The second kappa shape index (κ2) is 8.19. The number of carbonyl (C=O) groups is 1. The highest BCUT2D eigenvalue weighted by molar-refractivity contribution is 7.89. The molecule has 0 saturated carbocycles. The van der Waals surface area contributed by atoms with Crippen molar-refractivity contribution >= 4 is 44.8 Å². The third-order valence-electron chi connectivity index (χ3n) is 3.53. The molecular formula is C17H18Cl2N2O3S. The Labute approximate surface area is 157 Å². The maximum absolute atomic E-state index is 12.7. The monoisotopic (exact) mass is 400 g/mol. The lowest BCUT2D eigenvalue weighted by Gasteiger charge is -2.20. The van der Waals surface area contributed by atoms with Crippen molar-refractivity contribution in [3.05, 3.63) is 58.1 Å². The minimum atomic E-state index is -3.74. The van der Waals surface area contributed by atoms with Crippen LogP contribution in [0.5, 0.6) is 0 Å². The second-order valence-corrected chi connectivity index (χ2v) is 8.17. The number of hydrogen-bond donors (Lipinski definition) is 1. The zero-order chi connectivity index (χ0) is 18.6. The standard InChI is InChI=1S/C17H18Cl2N2O3S/c1-3-21(25(23,24)14-7-4-12(2)5-8-14)11-17(22)20-13-6-9-15(18)16(19)10-13/h4-10H,3,11H2,1-2H3,(H,20,22). The van der Waals surface area contributed by atoms with Gasteiger partial charge in [0.2, 0.25) is 15.9 Å². The molecule has 2 aromatic carbocycles. The van der Waals surface area contributed by atoms with Crippen LogP contribution in [-0.2, 0) is 14.8 Å². The van der Waals surface area contributed by atoms with Gasteiger partial charge in [-0.3, -0.25) is 4.79 Å². The van der Waals surface area contributed by atoms with Gasteiger partial charge in [0, 0.05) is 12.2 Å². The van der Waals surface area contributed by atoms with E-state index in [-0.39, 0.29) is 18.0 Å². The van der Waals surface area contributed by atoms with E-state index in [1.165, 1.54) is 18.2 Å².